The average Bonchev–Trinajstić information content (AvgIpc) is 3.17. The molecule has 0 N–H and O–H groups in total. The summed E-state index contributed by atoms with van der Waals surface area (Å²) in [6.45, 7) is 4.00. The van der Waals surface area contributed by atoms with Gasteiger partial charge in [0, 0.05) is 37.0 Å². The summed E-state index contributed by atoms with van der Waals surface area (Å²) in [6, 6.07) is 7.53. The summed E-state index contributed by atoms with van der Waals surface area (Å²) in [4.78, 5) is 23.1. The minimum absolute atomic E-state index is 0.0307. The summed E-state index contributed by atoms with van der Waals surface area (Å²) in [5.74, 6) is -0.154. The molecule has 0 saturated carbocycles. The number of ketones is 1. The van der Waals surface area contributed by atoms with Gasteiger partial charge in [-0.15, -0.1) is 0 Å². The molecule has 3 rings (SSSR count). The minimum atomic E-state index is -0.476. The number of carbonyl (C=O) groups excluding carboxylic acids is 1. The topological polar surface area (TPSA) is 83.6 Å². The van der Waals surface area contributed by atoms with Crippen LogP contribution in [0.4, 0.5) is 5.69 Å². The van der Waals surface area contributed by atoms with Gasteiger partial charge in [-0.25, -0.2) is 0 Å². The summed E-state index contributed by atoms with van der Waals surface area (Å²) >= 11 is 0. The lowest BCUT2D eigenvalue weighted by atomic mass is 10.1. The molecule has 1 unspecified atom stereocenters. The van der Waals surface area contributed by atoms with E-state index in [2.05, 4.69) is 0 Å². The fourth-order valence-corrected chi connectivity index (χ4v) is 3.29. The summed E-state index contributed by atoms with van der Waals surface area (Å²) in [6.07, 6.45) is 9.83. The van der Waals surface area contributed by atoms with Crippen molar-refractivity contribution in [2.24, 2.45) is 0 Å². The van der Waals surface area contributed by atoms with Crippen LogP contribution >= 0.6 is 0 Å². The maximum absolute atomic E-state index is 12.8. The van der Waals surface area contributed by atoms with Crippen molar-refractivity contribution in [1.82, 2.24) is 4.57 Å². The van der Waals surface area contributed by atoms with Crippen LogP contribution in [0.25, 0.3) is 6.08 Å². The first-order valence-corrected chi connectivity index (χ1v) is 9.97. The Balaban J connectivity index is 1.60. The van der Waals surface area contributed by atoms with Gasteiger partial charge in [0.1, 0.15) is 0 Å². The molecule has 0 aliphatic carbocycles. The number of ether oxygens (including phenoxy) is 2. The highest BCUT2D eigenvalue weighted by molar-refractivity contribution is 6.08. The molecule has 0 amide bonds. The van der Waals surface area contributed by atoms with Crippen molar-refractivity contribution < 1.29 is 19.2 Å². The van der Waals surface area contributed by atoms with Crippen molar-refractivity contribution in [1.29, 1.82) is 0 Å². The normalized spacial score (nSPS) is 16.9. The van der Waals surface area contributed by atoms with Crippen LogP contribution < -0.4 is 0 Å². The summed E-state index contributed by atoms with van der Waals surface area (Å²) < 4.78 is 13.1. The third-order valence-corrected chi connectivity index (χ3v) is 4.87. The molecular weight excluding hydrogens is 372 g/mol. The van der Waals surface area contributed by atoms with Gasteiger partial charge in [0.05, 0.1) is 17.2 Å². The molecule has 2 aromatic rings. The summed E-state index contributed by atoms with van der Waals surface area (Å²) in [7, 11) is 0. The van der Waals surface area contributed by atoms with Crippen LogP contribution in [0.2, 0.25) is 0 Å². The fourth-order valence-electron chi connectivity index (χ4n) is 3.29. The second-order valence-electron chi connectivity index (χ2n) is 6.94. The van der Waals surface area contributed by atoms with E-state index in [0.29, 0.717) is 24.4 Å². The van der Waals surface area contributed by atoms with Crippen LogP contribution in [0.3, 0.4) is 0 Å². The number of nitro groups is 1. The maximum atomic E-state index is 12.8. The molecular formula is C22H26N2O5. The van der Waals surface area contributed by atoms with Gasteiger partial charge in [-0.1, -0.05) is 12.2 Å². The molecule has 29 heavy (non-hydrogen) atoms. The highest BCUT2D eigenvalue weighted by Crippen LogP contribution is 2.19. The smallest absolute Gasteiger partial charge is 0.269 e. The van der Waals surface area contributed by atoms with E-state index < -0.39 is 4.92 Å². The SMILES string of the molecule is CCn1cc(/C=C/CCOC2CCCCO2)cc1C(=O)c1ccc([N+](=O)[O-])cc1. The largest absolute Gasteiger partial charge is 0.353 e. The molecule has 1 fully saturated rings. The molecule has 0 spiro atoms. The van der Waals surface area contributed by atoms with Crippen molar-refractivity contribution in [2.45, 2.75) is 45.4 Å². The van der Waals surface area contributed by atoms with Gasteiger partial charge >= 0.3 is 0 Å². The van der Waals surface area contributed by atoms with Crippen LogP contribution in [-0.2, 0) is 16.0 Å². The second kappa shape index (κ2) is 10.1. The zero-order chi connectivity index (χ0) is 20.6. The van der Waals surface area contributed by atoms with Crippen LogP contribution in [0.5, 0.6) is 0 Å². The van der Waals surface area contributed by atoms with Gasteiger partial charge in [0.25, 0.3) is 5.69 Å². The van der Waals surface area contributed by atoms with E-state index in [1.54, 1.807) is 0 Å². The number of hydrogen-bond donors (Lipinski definition) is 0. The molecule has 1 aromatic heterocycles. The van der Waals surface area contributed by atoms with Crippen molar-refractivity contribution >= 4 is 17.5 Å². The number of hydrogen-bond acceptors (Lipinski definition) is 5. The number of nitrogens with zero attached hydrogens (tertiary/aromatic N) is 2. The quantitative estimate of drug-likeness (QED) is 0.267. The molecule has 0 bridgehead atoms. The molecule has 1 aliphatic heterocycles. The molecule has 7 nitrogen and oxygen atoms in total. The molecule has 1 atom stereocenters. The average molecular weight is 398 g/mol. The minimum Gasteiger partial charge on any atom is -0.353 e. The van der Waals surface area contributed by atoms with Gasteiger partial charge in [0.2, 0.25) is 5.78 Å². The molecule has 1 aliphatic rings. The van der Waals surface area contributed by atoms with E-state index in [9.17, 15) is 14.9 Å². The van der Waals surface area contributed by atoms with Gasteiger partial charge in [-0.3, -0.25) is 14.9 Å². The number of carbonyl (C=O) groups is 1. The number of nitro benzene ring substituents is 1. The molecule has 1 saturated heterocycles. The van der Waals surface area contributed by atoms with E-state index in [4.69, 9.17) is 9.47 Å². The second-order valence-corrected chi connectivity index (χ2v) is 6.94. The fraction of sp³-hybridized carbons (Fsp3) is 0.409. The van der Waals surface area contributed by atoms with E-state index in [1.165, 1.54) is 24.3 Å². The number of benzene rings is 1. The van der Waals surface area contributed by atoms with Crippen molar-refractivity contribution in [3.8, 4) is 0 Å². The lowest BCUT2D eigenvalue weighted by Gasteiger charge is -2.22. The van der Waals surface area contributed by atoms with Gasteiger partial charge < -0.3 is 14.0 Å². The Hall–Kier alpha value is -2.77. The third kappa shape index (κ3) is 5.62. The van der Waals surface area contributed by atoms with Crippen molar-refractivity contribution in [2.75, 3.05) is 13.2 Å². The molecule has 0 radical (unpaired) electrons. The highest BCUT2D eigenvalue weighted by Gasteiger charge is 2.16. The zero-order valence-electron chi connectivity index (χ0n) is 16.6. The van der Waals surface area contributed by atoms with Crippen LogP contribution in [0, 0.1) is 10.1 Å². The first-order valence-electron chi connectivity index (χ1n) is 9.97. The third-order valence-electron chi connectivity index (χ3n) is 4.87. The van der Waals surface area contributed by atoms with Crippen LogP contribution in [0.1, 0.15) is 54.2 Å². The Morgan fingerprint density at radius 1 is 1.34 bits per heavy atom. The number of aromatic nitrogens is 1. The van der Waals surface area contributed by atoms with Crippen molar-refractivity contribution in [3.05, 3.63) is 69.5 Å². The zero-order valence-corrected chi connectivity index (χ0v) is 16.6. The predicted molar refractivity (Wildman–Crippen MR) is 110 cm³/mol. The first-order chi connectivity index (χ1) is 14.1. The van der Waals surface area contributed by atoms with E-state index in [1.807, 2.05) is 35.9 Å². The monoisotopic (exact) mass is 398 g/mol. The van der Waals surface area contributed by atoms with E-state index in [-0.39, 0.29) is 17.8 Å². The Morgan fingerprint density at radius 2 is 2.14 bits per heavy atom. The number of non-ortho nitro benzene ring substituents is 1. The van der Waals surface area contributed by atoms with Gasteiger partial charge in [0.15, 0.2) is 6.29 Å². The highest BCUT2D eigenvalue weighted by atomic mass is 16.7. The molecule has 154 valence electrons. The molecule has 7 heteroatoms. The Bertz CT molecular complexity index is 864. The number of rotatable bonds is 9. The summed E-state index contributed by atoms with van der Waals surface area (Å²) in [5.41, 5.74) is 1.90. The van der Waals surface area contributed by atoms with Crippen LogP contribution in [-0.4, -0.2) is 34.8 Å². The predicted octanol–water partition coefficient (Wildman–Crippen LogP) is 4.59. The lowest BCUT2D eigenvalue weighted by molar-refractivity contribution is -0.384. The van der Waals surface area contributed by atoms with Crippen LogP contribution in [0.15, 0.2) is 42.6 Å². The number of aryl methyl sites for hydroxylation is 1. The Labute approximate surface area is 170 Å². The molecule has 1 aromatic carbocycles. The van der Waals surface area contributed by atoms with Gasteiger partial charge in [-0.2, -0.15) is 0 Å². The Morgan fingerprint density at radius 3 is 2.79 bits per heavy atom. The van der Waals surface area contributed by atoms with E-state index in [0.717, 1.165) is 37.9 Å². The lowest BCUT2D eigenvalue weighted by Crippen LogP contribution is -2.22. The summed E-state index contributed by atoms with van der Waals surface area (Å²) in [5, 5.41) is 10.8. The molecule has 2 heterocycles. The Kier molecular flexibility index (Phi) is 7.32. The first kappa shape index (κ1) is 21.0. The van der Waals surface area contributed by atoms with Crippen molar-refractivity contribution in [3.63, 3.8) is 0 Å². The van der Waals surface area contributed by atoms with E-state index >= 15 is 0 Å². The van der Waals surface area contributed by atoms with Gasteiger partial charge in [-0.05, 0) is 56.4 Å². The maximum Gasteiger partial charge on any atom is 0.269 e. The standard InChI is InChI=1S/C22H26N2O5/c1-2-23-16-17(7-3-5-13-28-21-8-4-6-14-29-21)15-20(23)22(25)18-9-11-19(12-10-18)24(26)27/h3,7,9-12,15-16,21H,2,4-6,8,13-14H2,1H3/b7-3+.